The second-order valence-electron chi connectivity index (χ2n) is 7.83. The second-order valence-corrected chi connectivity index (χ2v) is 8.92. The summed E-state index contributed by atoms with van der Waals surface area (Å²) in [4.78, 5) is 12.8. The third-order valence-corrected chi connectivity index (χ3v) is 6.29. The fourth-order valence-corrected chi connectivity index (χ4v) is 4.41. The molecule has 0 aliphatic carbocycles. The van der Waals surface area contributed by atoms with Gasteiger partial charge in [0, 0.05) is 20.2 Å². The van der Waals surface area contributed by atoms with Gasteiger partial charge in [-0.25, -0.2) is 0 Å². The fourth-order valence-electron chi connectivity index (χ4n) is 3.36. The maximum Gasteiger partial charge on any atom is 0.196 e. The first kappa shape index (κ1) is 29.4. The van der Waals surface area contributed by atoms with Crippen molar-refractivity contribution < 1.29 is 38.3 Å². The minimum absolute atomic E-state index is 0.0235. The lowest BCUT2D eigenvalue weighted by Gasteiger charge is -2.09. The average Bonchev–Trinajstić information content (AvgIpc) is 2.92. The Hall–Kier alpha value is -2.15. The highest BCUT2D eigenvalue weighted by atomic mass is 32.1. The molecule has 2 aromatic carbocycles. The van der Waals surface area contributed by atoms with Gasteiger partial charge in [-0.15, -0.1) is 11.3 Å². The van der Waals surface area contributed by atoms with Crippen molar-refractivity contribution in [1.29, 1.82) is 0 Å². The Morgan fingerprint density at radius 1 is 0.568 bits per heavy atom. The zero-order valence-corrected chi connectivity index (χ0v) is 21.9. The molecule has 0 spiro atoms. The molecule has 0 unspecified atom stereocenters. The summed E-state index contributed by atoms with van der Waals surface area (Å²) in [5.74, 6) is 0.657. The van der Waals surface area contributed by atoms with E-state index in [1.807, 2.05) is 36.4 Å². The molecule has 0 saturated heterocycles. The third kappa shape index (κ3) is 11.0. The van der Waals surface area contributed by atoms with Gasteiger partial charge in [-0.3, -0.25) is 4.79 Å². The van der Waals surface area contributed by atoms with E-state index in [2.05, 4.69) is 0 Å². The van der Waals surface area contributed by atoms with Gasteiger partial charge in [0.2, 0.25) is 0 Å². The molecule has 0 saturated carbocycles. The zero-order chi connectivity index (χ0) is 26.0. The number of benzene rings is 2. The minimum atomic E-state index is 0.0235. The van der Waals surface area contributed by atoms with Crippen molar-refractivity contribution in [3.8, 4) is 5.75 Å². The molecule has 0 amide bonds. The Kier molecular flexibility index (Phi) is 14.4. The number of hydrogen-bond donors (Lipinski definition) is 1. The van der Waals surface area contributed by atoms with Gasteiger partial charge in [-0.2, -0.15) is 0 Å². The molecule has 3 aromatic rings. The van der Waals surface area contributed by atoms with Gasteiger partial charge in [0.15, 0.2) is 5.43 Å². The molecular formula is C27H36O9S. The smallest absolute Gasteiger partial charge is 0.196 e. The highest BCUT2D eigenvalue weighted by Gasteiger charge is 2.07. The largest absolute Gasteiger partial charge is 0.491 e. The number of aliphatic hydroxyl groups excluding tert-OH is 1. The maximum atomic E-state index is 12.8. The molecule has 1 N–H and O–H groups in total. The fraction of sp³-hybridized carbons (Fsp3) is 0.519. The van der Waals surface area contributed by atoms with Gasteiger partial charge in [0.25, 0.3) is 0 Å². The monoisotopic (exact) mass is 536 g/mol. The molecule has 0 aliphatic rings. The molecule has 0 aliphatic heterocycles. The number of fused-ring (bicyclic) bond motifs is 2. The van der Waals surface area contributed by atoms with Gasteiger partial charge in [-0.1, -0.05) is 12.1 Å². The van der Waals surface area contributed by atoms with Crippen LogP contribution in [0.5, 0.6) is 5.75 Å². The van der Waals surface area contributed by atoms with Crippen molar-refractivity contribution in [1.82, 2.24) is 0 Å². The van der Waals surface area contributed by atoms with Gasteiger partial charge >= 0.3 is 0 Å². The SMILES string of the molecule is O=c1c2ccccc2sc2ccc(OCCOCCOCCOCCOCCOCCOCCO)cc12. The summed E-state index contributed by atoms with van der Waals surface area (Å²) in [5.41, 5.74) is 0.0299. The third-order valence-electron chi connectivity index (χ3n) is 5.14. The minimum Gasteiger partial charge on any atom is -0.491 e. The summed E-state index contributed by atoms with van der Waals surface area (Å²) in [6.45, 7) is 6.04. The van der Waals surface area contributed by atoms with Crippen molar-refractivity contribution in [2.24, 2.45) is 0 Å². The normalized spacial score (nSPS) is 11.5. The first-order valence-corrected chi connectivity index (χ1v) is 13.3. The first-order valence-electron chi connectivity index (χ1n) is 12.5. The molecule has 0 radical (unpaired) electrons. The summed E-state index contributed by atoms with van der Waals surface area (Å²) in [5, 5.41) is 9.98. The Balaban J connectivity index is 1.13. The summed E-state index contributed by atoms with van der Waals surface area (Å²) in [7, 11) is 0. The van der Waals surface area contributed by atoms with E-state index in [0.717, 1.165) is 14.8 Å². The van der Waals surface area contributed by atoms with Crippen molar-refractivity contribution in [2.75, 3.05) is 92.5 Å². The van der Waals surface area contributed by atoms with Crippen molar-refractivity contribution in [3.63, 3.8) is 0 Å². The van der Waals surface area contributed by atoms with Crippen molar-refractivity contribution in [2.45, 2.75) is 0 Å². The summed E-state index contributed by atoms with van der Waals surface area (Å²) < 4.78 is 40.0. The topological polar surface area (TPSA) is 102 Å². The van der Waals surface area contributed by atoms with Crippen LogP contribution in [0.2, 0.25) is 0 Å². The molecule has 37 heavy (non-hydrogen) atoms. The van der Waals surface area contributed by atoms with E-state index < -0.39 is 0 Å². The standard InChI is InChI=1S/C27H36O9S/c28-7-8-30-9-10-31-11-12-32-13-14-33-15-16-34-17-18-35-19-20-36-22-5-6-26-24(21-22)27(29)23-3-1-2-4-25(23)37-26/h1-6,21,28H,7-20H2. The first-order chi connectivity index (χ1) is 18.3. The quantitative estimate of drug-likeness (QED) is 0.163. The lowest BCUT2D eigenvalue weighted by atomic mass is 10.2. The number of rotatable bonds is 21. The summed E-state index contributed by atoms with van der Waals surface area (Å²) in [6.07, 6.45) is 0. The van der Waals surface area contributed by atoms with E-state index in [1.54, 1.807) is 17.4 Å². The predicted octanol–water partition coefficient (Wildman–Crippen LogP) is 2.89. The maximum absolute atomic E-state index is 12.8. The van der Waals surface area contributed by atoms with Crippen LogP contribution in [0.4, 0.5) is 0 Å². The van der Waals surface area contributed by atoms with Gasteiger partial charge < -0.3 is 38.3 Å². The molecular weight excluding hydrogens is 500 g/mol. The van der Waals surface area contributed by atoms with E-state index in [4.69, 9.17) is 38.3 Å². The van der Waals surface area contributed by atoms with E-state index >= 15 is 0 Å². The van der Waals surface area contributed by atoms with Crippen LogP contribution < -0.4 is 10.2 Å². The second kappa shape index (κ2) is 18.2. The van der Waals surface area contributed by atoms with Gasteiger partial charge in [0.05, 0.1) is 85.9 Å². The van der Waals surface area contributed by atoms with Crippen LogP contribution in [-0.2, 0) is 28.4 Å². The van der Waals surface area contributed by atoms with Crippen LogP contribution in [0.15, 0.2) is 47.3 Å². The molecule has 3 rings (SSSR count). The number of hydrogen-bond acceptors (Lipinski definition) is 10. The van der Waals surface area contributed by atoms with E-state index in [-0.39, 0.29) is 12.0 Å². The van der Waals surface area contributed by atoms with Crippen LogP contribution >= 0.6 is 11.3 Å². The molecule has 0 bridgehead atoms. The van der Waals surface area contributed by atoms with Gasteiger partial charge in [-0.05, 0) is 30.3 Å². The van der Waals surface area contributed by atoms with Crippen LogP contribution in [-0.4, -0.2) is 97.6 Å². The zero-order valence-electron chi connectivity index (χ0n) is 21.1. The average molecular weight is 537 g/mol. The lowest BCUT2D eigenvalue weighted by Crippen LogP contribution is -2.15. The summed E-state index contributed by atoms with van der Waals surface area (Å²) in [6, 6.07) is 13.3. The van der Waals surface area contributed by atoms with Crippen molar-refractivity contribution >= 4 is 31.5 Å². The van der Waals surface area contributed by atoms with E-state index in [9.17, 15) is 4.79 Å². The highest BCUT2D eigenvalue weighted by Crippen LogP contribution is 2.27. The number of ether oxygens (including phenoxy) is 7. The van der Waals surface area contributed by atoms with Crippen molar-refractivity contribution in [3.05, 3.63) is 52.7 Å². The van der Waals surface area contributed by atoms with E-state index in [1.165, 1.54) is 0 Å². The van der Waals surface area contributed by atoms with Gasteiger partial charge in [0.1, 0.15) is 12.4 Å². The molecule has 1 aromatic heterocycles. The molecule has 10 heteroatoms. The Morgan fingerprint density at radius 2 is 1.05 bits per heavy atom. The van der Waals surface area contributed by atoms with Crippen LogP contribution in [0, 0.1) is 0 Å². The predicted molar refractivity (Wildman–Crippen MR) is 143 cm³/mol. The molecule has 1 heterocycles. The Bertz CT molecular complexity index is 1090. The Morgan fingerprint density at radius 3 is 1.62 bits per heavy atom. The summed E-state index contributed by atoms with van der Waals surface area (Å²) >= 11 is 1.60. The molecule has 0 fully saturated rings. The highest BCUT2D eigenvalue weighted by molar-refractivity contribution is 7.24. The van der Waals surface area contributed by atoms with Crippen LogP contribution in [0.25, 0.3) is 20.2 Å². The van der Waals surface area contributed by atoms with Crippen LogP contribution in [0.1, 0.15) is 0 Å². The lowest BCUT2D eigenvalue weighted by molar-refractivity contribution is -0.0191. The number of aliphatic hydroxyl groups is 1. The van der Waals surface area contributed by atoms with E-state index in [0.29, 0.717) is 97.0 Å². The molecule has 9 nitrogen and oxygen atoms in total. The Labute approximate surface area is 220 Å². The van der Waals surface area contributed by atoms with Crippen LogP contribution in [0.3, 0.4) is 0 Å². The molecule has 0 atom stereocenters. The molecule has 204 valence electrons.